The maximum atomic E-state index is 13.7. The number of benzene rings is 3. The normalized spacial score (nSPS) is 18.1. The number of alkyl halides is 4. The molecule has 0 bridgehead atoms. The van der Waals surface area contributed by atoms with Crippen LogP contribution in [0.15, 0.2) is 71.2 Å². The first-order valence-electron chi connectivity index (χ1n) is 14.6. The molecule has 0 atom stereocenters. The van der Waals surface area contributed by atoms with Gasteiger partial charge >= 0.3 is 11.9 Å². The molecule has 1 aliphatic carbocycles. The van der Waals surface area contributed by atoms with E-state index < -0.39 is 61.7 Å². The Bertz CT molecular complexity index is 2070. The summed E-state index contributed by atoms with van der Waals surface area (Å²) in [4.78, 5) is 51.8. The molecule has 5 aliphatic rings. The first kappa shape index (κ1) is 30.1. The third-order valence-corrected chi connectivity index (χ3v) is 8.41. The average molecular weight is 650 g/mol. The SMILES string of the molecule is O=C(NCCN1C(=O)C=CC1=O)c1ccc(C(=O)O)c(-c2c3ccc(=[N+]4CC(F)(F)C4)cc-3oc3cc(N4CC(F)(F)C4)ccc23)c1. The van der Waals surface area contributed by atoms with Gasteiger partial charge in [-0.15, -0.1) is 0 Å². The van der Waals surface area contributed by atoms with Crippen LogP contribution in [0.2, 0.25) is 0 Å². The highest BCUT2D eigenvalue weighted by Gasteiger charge is 2.50. The second kappa shape index (κ2) is 10.8. The van der Waals surface area contributed by atoms with E-state index in [1.54, 1.807) is 36.4 Å². The number of carbonyl (C=O) groups is 4. The van der Waals surface area contributed by atoms with Gasteiger partial charge in [-0.05, 0) is 42.0 Å². The van der Waals surface area contributed by atoms with Crippen LogP contribution in [0.25, 0.3) is 33.4 Å². The number of imide groups is 1. The third kappa shape index (κ3) is 5.49. The van der Waals surface area contributed by atoms with Crippen LogP contribution in [0.3, 0.4) is 0 Å². The largest absolute Gasteiger partial charge is 0.478 e. The molecule has 3 amide bonds. The molecule has 14 heteroatoms. The zero-order valence-corrected chi connectivity index (χ0v) is 24.4. The summed E-state index contributed by atoms with van der Waals surface area (Å²) in [5.41, 5.74) is 1.56. The predicted octanol–water partition coefficient (Wildman–Crippen LogP) is 3.43. The fourth-order valence-corrected chi connectivity index (χ4v) is 6.05. The summed E-state index contributed by atoms with van der Waals surface area (Å²) in [6.07, 6.45) is 2.26. The molecule has 47 heavy (non-hydrogen) atoms. The van der Waals surface area contributed by atoms with Crippen LogP contribution < -0.4 is 20.1 Å². The zero-order chi connectivity index (χ0) is 33.2. The summed E-state index contributed by atoms with van der Waals surface area (Å²) in [5.74, 6) is -8.31. The van der Waals surface area contributed by atoms with Gasteiger partial charge in [0, 0.05) is 65.1 Å². The van der Waals surface area contributed by atoms with Crippen molar-refractivity contribution in [2.45, 2.75) is 11.8 Å². The van der Waals surface area contributed by atoms with E-state index in [2.05, 4.69) is 5.32 Å². The Labute approximate surface area is 263 Å². The Hall–Kier alpha value is -5.53. The number of halogens is 4. The van der Waals surface area contributed by atoms with E-state index in [9.17, 15) is 41.8 Å². The molecule has 10 nitrogen and oxygen atoms in total. The van der Waals surface area contributed by atoms with Gasteiger partial charge in [-0.3, -0.25) is 19.3 Å². The van der Waals surface area contributed by atoms with Gasteiger partial charge in [-0.1, -0.05) is 0 Å². The monoisotopic (exact) mass is 649 g/mol. The molecule has 0 radical (unpaired) electrons. The van der Waals surface area contributed by atoms with Crippen LogP contribution in [0.5, 0.6) is 0 Å². The lowest BCUT2D eigenvalue weighted by Gasteiger charge is -2.40. The van der Waals surface area contributed by atoms with E-state index in [0.29, 0.717) is 27.6 Å². The minimum atomic E-state index is -2.83. The molecule has 0 aromatic heterocycles. The molecule has 2 aromatic carbocycles. The highest BCUT2D eigenvalue weighted by Crippen LogP contribution is 2.43. The summed E-state index contributed by atoms with van der Waals surface area (Å²) < 4.78 is 62.3. The highest BCUT2D eigenvalue weighted by molar-refractivity contribution is 6.13. The smallest absolute Gasteiger partial charge is 0.361 e. The standard InChI is InChI=1S/C33H24F4N4O6/c34-32(35)14-39(15-32)19-2-5-22-25(12-19)47-26-13-20(40-16-33(36,37)17-40)3-6-23(26)29(22)24-11-18(1-4-21(24)31(45)46)30(44)38-9-10-41-27(42)7-8-28(41)43/h1-8,11-13H,9-10,14-17H2,(H-,38,44,45,46)/p+1. The second-order valence-electron chi connectivity index (χ2n) is 11.7. The molecule has 2 N–H and O–H groups in total. The van der Waals surface area contributed by atoms with Crippen molar-refractivity contribution in [2.24, 2.45) is 0 Å². The lowest BCUT2D eigenvalue weighted by Crippen LogP contribution is -2.57. The number of carbonyl (C=O) groups excluding carboxylic acids is 3. The van der Waals surface area contributed by atoms with Gasteiger partial charge in [0.15, 0.2) is 0 Å². The topological polar surface area (TPSA) is 123 Å². The van der Waals surface area contributed by atoms with Crippen molar-refractivity contribution in [1.82, 2.24) is 14.8 Å². The Balaban J connectivity index is 1.33. The van der Waals surface area contributed by atoms with Crippen molar-refractivity contribution in [3.05, 3.63) is 83.2 Å². The molecule has 2 fully saturated rings. The first-order chi connectivity index (χ1) is 22.3. The Morgan fingerprint density at radius 1 is 0.894 bits per heavy atom. The maximum Gasteiger partial charge on any atom is 0.361 e. The number of fused-ring (bicyclic) bond motifs is 2. The maximum absolute atomic E-state index is 13.7. The average Bonchev–Trinajstić information content (AvgIpc) is 3.32. The molecule has 7 rings (SSSR count). The van der Waals surface area contributed by atoms with E-state index in [4.69, 9.17) is 4.42 Å². The second-order valence-corrected chi connectivity index (χ2v) is 11.7. The zero-order valence-electron chi connectivity index (χ0n) is 24.4. The van der Waals surface area contributed by atoms with E-state index in [0.717, 1.165) is 17.1 Å². The van der Waals surface area contributed by atoms with Gasteiger partial charge in [0.2, 0.25) is 18.4 Å². The van der Waals surface area contributed by atoms with Crippen LogP contribution in [0.1, 0.15) is 20.7 Å². The number of nitrogens with zero attached hydrogens (tertiary/aromatic N) is 3. The van der Waals surface area contributed by atoms with Crippen molar-refractivity contribution in [3.8, 4) is 22.5 Å². The third-order valence-electron chi connectivity index (χ3n) is 8.41. The van der Waals surface area contributed by atoms with Crippen molar-refractivity contribution in [3.63, 3.8) is 0 Å². The van der Waals surface area contributed by atoms with Gasteiger partial charge in [-0.25, -0.2) is 18.2 Å². The molecule has 4 heterocycles. The van der Waals surface area contributed by atoms with Crippen LogP contribution in [0, 0.1) is 0 Å². The van der Waals surface area contributed by atoms with Crippen molar-refractivity contribution in [1.29, 1.82) is 0 Å². The van der Waals surface area contributed by atoms with Crippen LogP contribution in [-0.2, 0) is 9.59 Å². The summed E-state index contributed by atoms with van der Waals surface area (Å²) in [7, 11) is 0. The molecule has 0 unspecified atom stereocenters. The minimum absolute atomic E-state index is 0.0548. The van der Waals surface area contributed by atoms with E-state index in [1.807, 2.05) is 0 Å². The number of hydrogen-bond donors (Lipinski definition) is 2. The van der Waals surface area contributed by atoms with Crippen molar-refractivity contribution in [2.75, 3.05) is 44.2 Å². The fourth-order valence-electron chi connectivity index (χ4n) is 6.05. The Kier molecular flexibility index (Phi) is 6.91. The Morgan fingerprint density at radius 3 is 2.28 bits per heavy atom. The van der Waals surface area contributed by atoms with Crippen molar-refractivity contribution < 1.29 is 46.3 Å². The summed E-state index contributed by atoms with van der Waals surface area (Å²) in [6, 6.07) is 13.6. The number of carboxylic acids is 1. The number of amides is 3. The molecule has 240 valence electrons. The molecular weight excluding hydrogens is 624 g/mol. The van der Waals surface area contributed by atoms with Gasteiger partial charge in [-0.2, -0.15) is 8.78 Å². The molecule has 4 aliphatic heterocycles. The summed E-state index contributed by atoms with van der Waals surface area (Å²) in [6.45, 7) is -2.05. The number of rotatable bonds is 7. The van der Waals surface area contributed by atoms with Gasteiger partial charge in [0.1, 0.15) is 11.3 Å². The van der Waals surface area contributed by atoms with Crippen molar-refractivity contribution >= 4 is 40.3 Å². The molecule has 2 aromatic rings. The fraction of sp³-hybridized carbons (Fsp3) is 0.242. The molecule has 0 saturated carbocycles. The first-order valence-corrected chi connectivity index (χ1v) is 14.6. The van der Waals surface area contributed by atoms with Gasteiger partial charge < -0.3 is 19.7 Å². The quantitative estimate of drug-likeness (QED) is 0.136. The molecular formula is C33H25F4N4O6+. The minimum Gasteiger partial charge on any atom is -0.478 e. The van der Waals surface area contributed by atoms with E-state index in [-0.39, 0.29) is 41.1 Å². The Morgan fingerprint density at radius 2 is 1.62 bits per heavy atom. The lowest BCUT2D eigenvalue weighted by molar-refractivity contribution is -0.136. The van der Waals surface area contributed by atoms with Crippen LogP contribution >= 0.6 is 0 Å². The van der Waals surface area contributed by atoms with E-state index in [1.165, 1.54) is 27.7 Å². The summed E-state index contributed by atoms with van der Waals surface area (Å²) >= 11 is 0. The highest BCUT2D eigenvalue weighted by atomic mass is 19.3. The number of nitrogens with one attached hydrogen (secondary N) is 1. The van der Waals surface area contributed by atoms with Crippen LogP contribution in [0.4, 0.5) is 23.2 Å². The number of carboxylic acid groups (broad SMARTS) is 1. The van der Waals surface area contributed by atoms with Crippen LogP contribution in [-0.4, -0.2) is 84.8 Å². The predicted molar refractivity (Wildman–Crippen MR) is 161 cm³/mol. The molecule has 0 spiro atoms. The van der Waals surface area contributed by atoms with Gasteiger partial charge in [0.25, 0.3) is 23.6 Å². The lowest BCUT2D eigenvalue weighted by atomic mass is 9.89. The number of anilines is 1. The number of hydrogen-bond acceptors (Lipinski definition) is 6. The van der Waals surface area contributed by atoms with Gasteiger partial charge in [0.05, 0.1) is 24.7 Å². The van der Waals surface area contributed by atoms with E-state index >= 15 is 0 Å². The summed E-state index contributed by atoms with van der Waals surface area (Å²) in [5, 5.41) is 13.7. The number of aromatic carboxylic acids is 1. The molecule has 2 saturated heterocycles.